The van der Waals surface area contributed by atoms with E-state index in [2.05, 4.69) is 10.3 Å². The van der Waals surface area contributed by atoms with E-state index >= 15 is 0 Å². The molecule has 0 aliphatic carbocycles. The number of halogens is 1. The number of anilines is 1. The van der Waals surface area contributed by atoms with Gasteiger partial charge in [-0.05, 0) is 36.8 Å². The highest BCUT2D eigenvalue weighted by Gasteiger charge is 2.11. The summed E-state index contributed by atoms with van der Waals surface area (Å²) in [5.41, 5.74) is 1.72. The van der Waals surface area contributed by atoms with Crippen LogP contribution in [0.2, 0.25) is 0 Å². The fourth-order valence-corrected chi connectivity index (χ4v) is 2.03. The lowest BCUT2D eigenvalue weighted by atomic mass is 10.0. The van der Waals surface area contributed by atoms with Crippen LogP contribution in [0.15, 0.2) is 42.6 Å². The molecule has 1 aromatic carbocycles. The van der Waals surface area contributed by atoms with Gasteiger partial charge in [0.15, 0.2) is 0 Å². The molecule has 1 heterocycles. The van der Waals surface area contributed by atoms with Gasteiger partial charge in [-0.15, -0.1) is 0 Å². The third-order valence-electron chi connectivity index (χ3n) is 3.17. The molecule has 0 bridgehead atoms. The van der Waals surface area contributed by atoms with Crippen LogP contribution in [-0.2, 0) is 6.42 Å². The van der Waals surface area contributed by atoms with Crippen LogP contribution >= 0.6 is 0 Å². The van der Waals surface area contributed by atoms with E-state index in [0.29, 0.717) is 18.7 Å². The van der Waals surface area contributed by atoms with Crippen molar-refractivity contribution in [3.8, 4) is 6.07 Å². The van der Waals surface area contributed by atoms with E-state index in [4.69, 9.17) is 5.26 Å². The van der Waals surface area contributed by atoms with E-state index in [1.165, 1.54) is 18.2 Å². The summed E-state index contributed by atoms with van der Waals surface area (Å²) in [6, 6.07) is 11.6. The Morgan fingerprint density at radius 3 is 2.86 bits per heavy atom. The molecular formula is C16H16FN3O. The van der Waals surface area contributed by atoms with Gasteiger partial charge in [-0.25, -0.2) is 4.39 Å². The van der Waals surface area contributed by atoms with Crippen LogP contribution in [0.5, 0.6) is 0 Å². The van der Waals surface area contributed by atoms with Crippen molar-refractivity contribution < 1.29 is 9.50 Å². The summed E-state index contributed by atoms with van der Waals surface area (Å²) in [7, 11) is 0. The van der Waals surface area contributed by atoms with Crippen molar-refractivity contribution in [3.63, 3.8) is 0 Å². The smallest absolute Gasteiger partial charge is 0.124 e. The molecule has 4 nitrogen and oxygen atoms in total. The molecule has 0 fully saturated rings. The fourth-order valence-electron chi connectivity index (χ4n) is 2.03. The van der Waals surface area contributed by atoms with Crippen molar-refractivity contribution in [2.45, 2.75) is 6.42 Å². The number of benzene rings is 1. The maximum absolute atomic E-state index is 13.1. The Balaban J connectivity index is 1.99. The van der Waals surface area contributed by atoms with Crippen LogP contribution in [0.25, 0.3) is 0 Å². The average molecular weight is 285 g/mol. The van der Waals surface area contributed by atoms with Crippen LogP contribution in [0.3, 0.4) is 0 Å². The second kappa shape index (κ2) is 7.36. The maximum Gasteiger partial charge on any atom is 0.124 e. The quantitative estimate of drug-likeness (QED) is 0.855. The van der Waals surface area contributed by atoms with Gasteiger partial charge in [0.25, 0.3) is 0 Å². The molecule has 0 amide bonds. The molecule has 2 aromatic rings. The SMILES string of the molecule is N#Cc1cc(F)ccc1NC[C@@H](CO)Cc1ccccn1. The van der Waals surface area contributed by atoms with Crippen molar-refractivity contribution in [2.24, 2.45) is 5.92 Å². The van der Waals surface area contributed by atoms with Crippen molar-refractivity contribution >= 4 is 5.69 Å². The molecule has 2 rings (SSSR count). The van der Waals surface area contributed by atoms with Crippen molar-refractivity contribution in [1.29, 1.82) is 5.26 Å². The van der Waals surface area contributed by atoms with Gasteiger partial charge in [-0.2, -0.15) is 5.26 Å². The van der Waals surface area contributed by atoms with Gasteiger partial charge >= 0.3 is 0 Å². The summed E-state index contributed by atoms with van der Waals surface area (Å²) in [6.07, 6.45) is 2.35. The van der Waals surface area contributed by atoms with Gasteiger partial charge in [-0.3, -0.25) is 4.98 Å². The first-order valence-corrected chi connectivity index (χ1v) is 6.67. The highest BCUT2D eigenvalue weighted by molar-refractivity contribution is 5.57. The van der Waals surface area contributed by atoms with Gasteiger partial charge in [0.2, 0.25) is 0 Å². The molecule has 5 heteroatoms. The Morgan fingerprint density at radius 1 is 1.33 bits per heavy atom. The van der Waals surface area contributed by atoms with Crippen LogP contribution in [0, 0.1) is 23.1 Å². The van der Waals surface area contributed by atoms with Gasteiger partial charge < -0.3 is 10.4 Å². The van der Waals surface area contributed by atoms with Crippen LogP contribution in [0.1, 0.15) is 11.3 Å². The Hall–Kier alpha value is -2.45. The summed E-state index contributed by atoms with van der Waals surface area (Å²) >= 11 is 0. The molecule has 0 aliphatic rings. The standard InChI is InChI=1S/C16H16FN3O/c17-14-4-5-16(13(8-14)9-18)20-10-12(11-21)7-15-3-1-2-6-19-15/h1-6,8,12,20-21H,7,10-11H2/t12-/m0/s1. The lowest BCUT2D eigenvalue weighted by Gasteiger charge is -2.16. The minimum atomic E-state index is -0.440. The van der Waals surface area contributed by atoms with Gasteiger partial charge in [0.05, 0.1) is 11.3 Å². The maximum atomic E-state index is 13.1. The topological polar surface area (TPSA) is 68.9 Å². The van der Waals surface area contributed by atoms with Crippen LogP contribution in [-0.4, -0.2) is 23.2 Å². The number of aromatic nitrogens is 1. The first kappa shape index (κ1) is 14.9. The third-order valence-corrected chi connectivity index (χ3v) is 3.17. The summed E-state index contributed by atoms with van der Waals surface area (Å²) < 4.78 is 13.1. The minimum absolute atomic E-state index is 0.00660. The van der Waals surface area contributed by atoms with E-state index in [0.717, 1.165) is 5.69 Å². The monoisotopic (exact) mass is 285 g/mol. The second-order valence-electron chi connectivity index (χ2n) is 4.76. The molecular weight excluding hydrogens is 269 g/mol. The summed E-state index contributed by atoms with van der Waals surface area (Å²) in [5.74, 6) is -0.471. The molecule has 0 unspecified atom stereocenters. The number of nitriles is 1. The highest BCUT2D eigenvalue weighted by atomic mass is 19.1. The second-order valence-corrected chi connectivity index (χ2v) is 4.76. The fraction of sp³-hybridized carbons (Fsp3) is 0.250. The molecule has 0 spiro atoms. The average Bonchev–Trinajstić information content (AvgIpc) is 2.53. The van der Waals surface area contributed by atoms with Gasteiger partial charge in [0.1, 0.15) is 11.9 Å². The van der Waals surface area contributed by atoms with Gasteiger partial charge in [0, 0.05) is 31.0 Å². The highest BCUT2D eigenvalue weighted by Crippen LogP contribution is 2.17. The molecule has 0 saturated carbocycles. The zero-order valence-electron chi connectivity index (χ0n) is 11.5. The Labute approximate surface area is 122 Å². The predicted octanol–water partition coefficient (Wildman–Crippen LogP) is 2.36. The predicted molar refractivity (Wildman–Crippen MR) is 78.1 cm³/mol. The number of aliphatic hydroxyl groups excluding tert-OH is 1. The summed E-state index contributed by atoms with van der Waals surface area (Å²) in [5, 5.41) is 21.5. The number of pyridine rings is 1. The van der Waals surface area contributed by atoms with Crippen LogP contribution in [0.4, 0.5) is 10.1 Å². The van der Waals surface area contributed by atoms with E-state index in [1.807, 2.05) is 24.3 Å². The molecule has 0 radical (unpaired) electrons. The van der Waals surface area contributed by atoms with E-state index < -0.39 is 5.82 Å². The zero-order valence-corrected chi connectivity index (χ0v) is 11.5. The molecule has 1 atom stereocenters. The number of hydrogen-bond acceptors (Lipinski definition) is 4. The minimum Gasteiger partial charge on any atom is -0.396 e. The number of nitrogens with zero attached hydrogens (tertiary/aromatic N) is 2. The van der Waals surface area contributed by atoms with Crippen molar-refractivity contribution in [1.82, 2.24) is 4.98 Å². The van der Waals surface area contributed by atoms with E-state index in [-0.39, 0.29) is 18.1 Å². The zero-order chi connectivity index (χ0) is 15.1. The number of rotatable bonds is 6. The third kappa shape index (κ3) is 4.26. The molecule has 108 valence electrons. The number of aliphatic hydroxyl groups is 1. The summed E-state index contributed by atoms with van der Waals surface area (Å²) in [4.78, 5) is 4.23. The largest absolute Gasteiger partial charge is 0.396 e. The van der Waals surface area contributed by atoms with Crippen LogP contribution < -0.4 is 5.32 Å². The Bertz CT molecular complexity index is 625. The molecule has 21 heavy (non-hydrogen) atoms. The molecule has 0 saturated heterocycles. The first-order valence-electron chi connectivity index (χ1n) is 6.67. The molecule has 2 N–H and O–H groups in total. The Morgan fingerprint density at radius 2 is 2.19 bits per heavy atom. The lowest BCUT2D eigenvalue weighted by molar-refractivity contribution is 0.232. The lowest BCUT2D eigenvalue weighted by Crippen LogP contribution is -2.21. The van der Waals surface area contributed by atoms with Crippen molar-refractivity contribution in [3.05, 3.63) is 59.7 Å². The molecule has 0 aliphatic heterocycles. The first-order chi connectivity index (χ1) is 10.2. The number of nitrogens with one attached hydrogen (secondary N) is 1. The van der Waals surface area contributed by atoms with E-state index in [1.54, 1.807) is 6.20 Å². The van der Waals surface area contributed by atoms with Crippen molar-refractivity contribution in [2.75, 3.05) is 18.5 Å². The number of hydrogen-bond donors (Lipinski definition) is 2. The Kier molecular flexibility index (Phi) is 5.24. The normalized spacial score (nSPS) is 11.7. The van der Waals surface area contributed by atoms with E-state index in [9.17, 15) is 9.50 Å². The summed E-state index contributed by atoms with van der Waals surface area (Å²) in [6.45, 7) is 0.486. The van der Waals surface area contributed by atoms with Gasteiger partial charge in [-0.1, -0.05) is 6.07 Å². The molecule has 1 aromatic heterocycles.